The Kier molecular flexibility index (Phi) is 8.13. The van der Waals surface area contributed by atoms with E-state index in [1.54, 1.807) is 21.8 Å². The second-order valence-electron chi connectivity index (χ2n) is 7.86. The van der Waals surface area contributed by atoms with Gasteiger partial charge in [-0.25, -0.2) is 9.67 Å². The Morgan fingerprint density at radius 1 is 1.26 bits per heavy atom. The third kappa shape index (κ3) is 6.86. The number of hydrogen-bond donors (Lipinski definition) is 2. The van der Waals surface area contributed by atoms with E-state index in [4.69, 9.17) is 10.7 Å². The number of nitrogens with one attached hydrogen (secondary N) is 1. The van der Waals surface area contributed by atoms with E-state index in [9.17, 15) is 4.79 Å². The number of nitrogens with two attached hydrogens (primary N) is 1. The van der Waals surface area contributed by atoms with Gasteiger partial charge in [0.1, 0.15) is 12.4 Å². The van der Waals surface area contributed by atoms with Crippen molar-refractivity contribution >= 4 is 18.3 Å². The zero-order chi connectivity index (χ0) is 20.8. The van der Waals surface area contributed by atoms with Gasteiger partial charge in [0.25, 0.3) is 0 Å². The minimum absolute atomic E-state index is 0. The Morgan fingerprint density at radius 2 is 2.06 bits per heavy atom. The lowest BCUT2D eigenvalue weighted by atomic mass is 10.1. The summed E-state index contributed by atoms with van der Waals surface area (Å²) < 4.78 is 3.42. The van der Waals surface area contributed by atoms with E-state index in [1.165, 1.54) is 12.8 Å². The predicted octanol–water partition coefficient (Wildman–Crippen LogP) is 1.69. The fraction of sp³-hybridized carbons (Fsp3) is 0.476. The maximum atomic E-state index is 12.5. The molecule has 10 heteroatoms. The Balaban J connectivity index is 0.00000272. The van der Waals surface area contributed by atoms with Gasteiger partial charge in [0.05, 0.1) is 12.2 Å². The maximum Gasteiger partial charge on any atom is 0.241 e. The van der Waals surface area contributed by atoms with Gasteiger partial charge in [-0.05, 0) is 37.2 Å². The molecule has 0 aliphatic heterocycles. The molecule has 166 valence electrons. The van der Waals surface area contributed by atoms with Gasteiger partial charge in [0.15, 0.2) is 5.82 Å². The van der Waals surface area contributed by atoms with E-state index in [0.717, 1.165) is 24.2 Å². The van der Waals surface area contributed by atoms with Gasteiger partial charge in [0, 0.05) is 25.7 Å². The lowest BCUT2D eigenvalue weighted by molar-refractivity contribution is -0.121. The molecular weight excluding hydrogens is 416 g/mol. The van der Waals surface area contributed by atoms with Crippen molar-refractivity contribution in [1.82, 2.24) is 35.1 Å². The Bertz CT molecular complexity index is 940. The predicted molar refractivity (Wildman–Crippen MR) is 118 cm³/mol. The van der Waals surface area contributed by atoms with Crippen LogP contribution in [0.1, 0.15) is 42.5 Å². The summed E-state index contributed by atoms with van der Waals surface area (Å²) in [6.07, 6.45) is 8.19. The van der Waals surface area contributed by atoms with E-state index < -0.39 is 0 Å². The van der Waals surface area contributed by atoms with Crippen LogP contribution < -0.4 is 11.1 Å². The minimum Gasteiger partial charge on any atom is -0.354 e. The Morgan fingerprint density at radius 3 is 2.77 bits per heavy atom. The average Bonchev–Trinajstić information content (AvgIpc) is 3.23. The molecule has 3 N–H and O–H groups in total. The molecule has 1 aromatic carbocycles. The summed E-state index contributed by atoms with van der Waals surface area (Å²) in [4.78, 5) is 17.2. The molecule has 2 aromatic heterocycles. The first-order valence-electron chi connectivity index (χ1n) is 10.5. The first-order valence-corrected chi connectivity index (χ1v) is 10.5. The van der Waals surface area contributed by atoms with Crippen molar-refractivity contribution in [2.24, 2.45) is 11.7 Å². The fourth-order valence-corrected chi connectivity index (χ4v) is 3.43. The van der Waals surface area contributed by atoms with Crippen LogP contribution in [0.5, 0.6) is 0 Å². The van der Waals surface area contributed by atoms with E-state index in [0.29, 0.717) is 31.3 Å². The van der Waals surface area contributed by atoms with E-state index in [-0.39, 0.29) is 30.9 Å². The van der Waals surface area contributed by atoms with E-state index in [2.05, 4.69) is 20.7 Å². The lowest BCUT2D eigenvalue weighted by Gasteiger charge is -2.13. The number of aromatic nitrogens is 6. The molecule has 0 spiro atoms. The van der Waals surface area contributed by atoms with Gasteiger partial charge in [0.2, 0.25) is 5.91 Å². The molecule has 0 bridgehead atoms. The highest BCUT2D eigenvalue weighted by atomic mass is 35.5. The van der Waals surface area contributed by atoms with Crippen LogP contribution in [0.3, 0.4) is 0 Å². The topological polar surface area (TPSA) is 117 Å². The molecule has 1 saturated carbocycles. The van der Waals surface area contributed by atoms with Crippen LogP contribution in [0.4, 0.5) is 0 Å². The summed E-state index contributed by atoms with van der Waals surface area (Å²) >= 11 is 0. The van der Waals surface area contributed by atoms with Gasteiger partial charge in [-0.15, -0.1) is 17.5 Å². The monoisotopic (exact) mass is 444 g/mol. The number of benzene rings is 1. The van der Waals surface area contributed by atoms with Crippen molar-refractivity contribution < 1.29 is 4.79 Å². The van der Waals surface area contributed by atoms with Crippen molar-refractivity contribution in [2.75, 3.05) is 6.54 Å². The summed E-state index contributed by atoms with van der Waals surface area (Å²) in [5, 5.41) is 15.2. The SMILES string of the molecule is Cl.N[C@H](Cc1ccccc1)c1nc(CC2CC2)nn1CC(=O)NCCCn1ccnn1. The number of aryl methyl sites for hydroxylation is 1. The van der Waals surface area contributed by atoms with Crippen LogP contribution >= 0.6 is 12.4 Å². The second-order valence-corrected chi connectivity index (χ2v) is 7.86. The van der Waals surface area contributed by atoms with Crippen molar-refractivity contribution in [1.29, 1.82) is 0 Å². The highest BCUT2D eigenvalue weighted by Crippen LogP contribution is 2.32. The standard InChI is InChI=1S/C21H28N8O.ClH/c22-18(13-16-5-2-1-3-6-16)21-25-19(14-17-7-8-17)26-29(21)15-20(30)23-9-4-11-28-12-10-24-27-28;/h1-3,5-6,10,12,17-18H,4,7-9,11,13-15,22H2,(H,23,30);1H/t18-;/m1./s1. The molecule has 0 radical (unpaired) electrons. The minimum atomic E-state index is -0.312. The van der Waals surface area contributed by atoms with Crippen LogP contribution in [0, 0.1) is 5.92 Å². The second kappa shape index (κ2) is 11.0. The molecule has 4 rings (SSSR count). The third-order valence-corrected chi connectivity index (χ3v) is 5.19. The molecule has 2 heterocycles. The van der Waals surface area contributed by atoms with Gasteiger partial charge in [-0.1, -0.05) is 35.5 Å². The molecular formula is C21H29ClN8O. The Hall–Kier alpha value is -2.78. The summed E-state index contributed by atoms with van der Waals surface area (Å²) in [7, 11) is 0. The molecule has 31 heavy (non-hydrogen) atoms. The molecule has 1 aliphatic carbocycles. The number of hydrogen-bond acceptors (Lipinski definition) is 6. The first-order chi connectivity index (χ1) is 14.7. The number of carbonyl (C=O) groups excluding carboxylic acids is 1. The normalized spacial score (nSPS) is 14.1. The Labute approximate surface area is 187 Å². The highest BCUT2D eigenvalue weighted by molar-refractivity contribution is 5.85. The van der Waals surface area contributed by atoms with E-state index >= 15 is 0 Å². The molecule has 9 nitrogen and oxygen atoms in total. The zero-order valence-electron chi connectivity index (χ0n) is 17.4. The maximum absolute atomic E-state index is 12.5. The van der Waals surface area contributed by atoms with Crippen LogP contribution in [0.2, 0.25) is 0 Å². The lowest BCUT2D eigenvalue weighted by Crippen LogP contribution is -2.31. The number of rotatable bonds is 11. The van der Waals surface area contributed by atoms with Gasteiger partial charge in [-0.3, -0.25) is 9.48 Å². The molecule has 1 atom stereocenters. The van der Waals surface area contributed by atoms with Gasteiger partial charge < -0.3 is 11.1 Å². The van der Waals surface area contributed by atoms with Crippen LogP contribution in [0.15, 0.2) is 42.7 Å². The number of carbonyl (C=O) groups is 1. The van der Waals surface area contributed by atoms with Crippen LogP contribution in [0.25, 0.3) is 0 Å². The zero-order valence-corrected chi connectivity index (χ0v) is 18.2. The fourth-order valence-electron chi connectivity index (χ4n) is 3.43. The average molecular weight is 445 g/mol. The quantitative estimate of drug-likeness (QED) is 0.435. The summed E-state index contributed by atoms with van der Waals surface area (Å²) in [5.41, 5.74) is 7.61. The van der Waals surface area contributed by atoms with Crippen LogP contribution in [-0.2, 0) is 30.7 Å². The smallest absolute Gasteiger partial charge is 0.241 e. The number of nitrogens with zero attached hydrogens (tertiary/aromatic N) is 6. The molecule has 1 amide bonds. The third-order valence-electron chi connectivity index (χ3n) is 5.19. The number of halogens is 1. The first kappa shape index (κ1) is 22.9. The van der Waals surface area contributed by atoms with Crippen molar-refractivity contribution in [3.05, 3.63) is 59.9 Å². The molecule has 1 aliphatic rings. The highest BCUT2D eigenvalue weighted by Gasteiger charge is 2.26. The van der Waals surface area contributed by atoms with Crippen molar-refractivity contribution in [3.8, 4) is 0 Å². The molecule has 0 unspecified atom stereocenters. The molecule has 1 fully saturated rings. The largest absolute Gasteiger partial charge is 0.354 e. The van der Waals surface area contributed by atoms with Crippen molar-refractivity contribution in [3.63, 3.8) is 0 Å². The summed E-state index contributed by atoms with van der Waals surface area (Å²) in [6.45, 7) is 1.40. The van der Waals surface area contributed by atoms with Gasteiger partial charge >= 0.3 is 0 Å². The van der Waals surface area contributed by atoms with Crippen LogP contribution in [-0.4, -0.2) is 42.2 Å². The number of amides is 1. The summed E-state index contributed by atoms with van der Waals surface area (Å²) in [5.74, 6) is 2.04. The summed E-state index contributed by atoms with van der Waals surface area (Å²) in [6, 6.07) is 9.77. The van der Waals surface area contributed by atoms with Crippen molar-refractivity contribution in [2.45, 2.75) is 51.2 Å². The molecule has 0 saturated heterocycles. The molecule has 3 aromatic rings. The van der Waals surface area contributed by atoms with E-state index in [1.807, 2.05) is 30.3 Å². The van der Waals surface area contributed by atoms with Gasteiger partial charge in [-0.2, -0.15) is 5.10 Å².